The van der Waals surface area contributed by atoms with Gasteiger partial charge in [-0.25, -0.2) is 4.79 Å². The lowest BCUT2D eigenvalue weighted by atomic mass is 10.1. The van der Waals surface area contributed by atoms with Crippen LogP contribution < -0.4 is 5.32 Å². The van der Waals surface area contributed by atoms with Crippen LogP contribution in [-0.4, -0.2) is 18.1 Å². The molecular weight excluding hydrogens is 359 g/mol. The molecular formula is C19H18Cl2N2O2. The lowest BCUT2D eigenvalue weighted by Crippen LogP contribution is -2.02. The van der Waals surface area contributed by atoms with Crippen LogP contribution in [0.3, 0.4) is 0 Å². The third kappa shape index (κ3) is 3.86. The minimum Gasteiger partial charge on any atom is -0.465 e. The fraction of sp³-hybridized carbons (Fsp3) is 0.158. The first-order valence-electron chi connectivity index (χ1n) is 7.51. The highest BCUT2D eigenvalue weighted by Crippen LogP contribution is 2.31. The van der Waals surface area contributed by atoms with E-state index in [2.05, 4.69) is 10.3 Å². The molecule has 0 saturated heterocycles. The van der Waals surface area contributed by atoms with Crippen molar-refractivity contribution in [2.45, 2.75) is 13.8 Å². The Bertz CT molecular complexity index is 942. The number of aryl methyl sites for hydroxylation is 1. The average molecular weight is 377 g/mol. The molecule has 4 nitrogen and oxygen atoms in total. The van der Waals surface area contributed by atoms with Crippen LogP contribution in [0.5, 0.6) is 0 Å². The molecule has 0 radical (unpaired) electrons. The van der Waals surface area contributed by atoms with Crippen molar-refractivity contribution in [1.82, 2.24) is 4.98 Å². The van der Waals surface area contributed by atoms with Crippen molar-refractivity contribution in [3.8, 4) is 0 Å². The Balaban J connectivity index is 0.00000225. The summed E-state index contributed by atoms with van der Waals surface area (Å²) in [6.45, 7) is 3.89. The van der Waals surface area contributed by atoms with Gasteiger partial charge in [0.05, 0.1) is 18.2 Å². The standard InChI is InChI=1S/C19H17ClN2O2.ClH/c1-11-9-18(22-16-6-4-5-15(20)12(16)2)14-10-13(19(23)24-3)7-8-17(14)21-11;/h4-10H,1-3H3,(H,21,22);1H. The van der Waals surface area contributed by atoms with E-state index >= 15 is 0 Å². The number of hydrogen-bond acceptors (Lipinski definition) is 4. The monoisotopic (exact) mass is 376 g/mol. The highest BCUT2D eigenvalue weighted by atomic mass is 35.5. The van der Waals surface area contributed by atoms with Crippen molar-refractivity contribution in [3.63, 3.8) is 0 Å². The SMILES string of the molecule is COC(=O)c1ccc2nc(C)cc(Nc3cccc(Cl)c3C)c2c1.Cl. The van der Waals surface area contributed by atoms with Crippen LogP contribution in [-0.2, 0) is 4.74 Å². The van der Waals surface area contributed by atoms with Crippen LogP contribution in [0, 0.1) is 13.8 Å². The Morgan fingerprint density at radius 2 is 1.88 bits per heavy atom. The summed E-state index contributed by atoms with van der Waals surface area (Å²) >= 11 is 6.20. The van der Waals surface area contributed by atoms with Crippen LogP contribution in [0.4, 0.5) is 11.4 Å². The van der Waals surface area contributed by atoms with Crippen LogP contribution in [0.15, 0.2) is 42.5 Å². The normalized spacial score (nSPS) is 10.2. The summed E-state index contributed by atoms with van der Waals surface area (Å²) in [5.41, 5.74) is 4.93. The molecule has 0 unspecified atom stereocenters. The van der Waals surface area contributed by atoms with Gasteiger partial charge in [-0.3, -0.25) is 4.98 Å². The smallest absolute Gasteiger partial charge is 0.337 e. The second kappa shape index (κ2) is 7.72. The summed E-state index contributed by atoms with van der Waals surface area (Å²) < 4.78 is 4.80. The fourth-order valence-corrected chi connectivity index (χ4v) is 2.77. The first-order chi connectivity index (χ1) is 11.5. The highest BCUT2D eigenvalue weighted by molar-refractivity contribution is 6.31. The minimum absolute atomic E-state index is 0. The van der Waals surface area contributed by atoms with Crippen LogP contribution in [0.1, 0.15) is 21.6 Å². The molecule has 0 bridgehead atoms. The van der Waals surface area contributed by atoms with Gasteiger partial charge in [0.25, 0.3) is 0 Å². The molecule has 0 atom stereocenters. The molecule has 0 amide bonds. The predicted octanol–water partition coefficient (Wildman–Crippen LogP) is 5.46. The Labute approximate surface area is 157 Å². The number of rotatable bonds is 3. The summed E-state index contributed by atoms with van der Waals surface area (Å²) in [5.74, 6) is -0.373. The number of aromatic nitrogens is 1. The van der Waals surface area contributed by atoms with Crippen molar-refractivity contribution in [2.24, 2.45) is 0 Å². The van der Waals surface area contributed by atoms with Gasteiger partial charge in [0.2, 0.25) is 0 Å². The van der Waals surface area contributed by atoms with E-state index in [0.717, 1.165) is 33.5 Å². The number of nitrogens with zero attached hydrogens (tertiary/aromatic N) is 1. The Kier molecular flexibility index (Phi) is 5.88. The first-order valence-corrected chi connectivity index (χ1v) is 7.89. The number of anilines is 2. The molecule has 0 fully saturated rings. The Morgan fingerprint density at radius 3 is 2.60 bits per heavy atom. The Hall–Kier alpha value is -2.30. The van der Waals surface area contributed by atoms with Gasteiger partial charge in [0.1, 0.15) is 0 Å². The Morgan fingerprint density at radius 1 is 1.12 bits per heavy atom. The quantitative estimate of drug-likeness (QED) is 0.616. The molecule has 3 aromatic rings. The van der Waals surface area contributed by atoms with Gasteiger partial charge in [-0.1, -0.05) is 17.7 Å². The van der Waals surface area contributed by atoms with Gasteiger partial charge in [0, 0.05) is 27.5 Å². The number of halogens is 2. The van der Waals surface area contributed by atoms with Gasteiger partial charge in [-0.05, 0) is 55.8 Å². The number of carbonyl (C=O) groups is 1. The number of hydrogen-bond donors (Lipinski definition) is 1. The van der Waals surface area contributed by atoms with Gasteiger partial charge < -0.3 is 10.1 Å². The molecule has 3 rings (SSSR count). The molecule has 25 heavy (non-hydrogen) atoms. The van der Waals surface area contributed by atoms with E-state index in [4.69, 9.17) is 16.3 Å². The zero-order chi connectivity index (χ0) is 17.3. The van der Waals surface area contributed by atoms with E-state index in [1.54, 1.807) is 12.1 Å². The van der Waals surface area contributed by atoms with Crippen LogP contribution in [0.25, 0.3) is 10.9 Å². The van der Waals surface area contributed by atoms with Crippen molar-refractivity contribution >= 4 is 52.3 Å². The first kappa shape index (κ1) is 19.0. The highest BCUT2D eigenvalue weighted by Gasteiger charge is 2.11. The molecule has 6 heteroatoms. The van der Waals surface area contributed by atoms with Crippen LogP contribution >= 0.6 is 24.0 Å². The number of esters is 1. The van der Waals surface area contributed by atoms with Gasteiger partial charge >= 0.3 is 5.97 Å². The largest absolute Gasteiger partial charge is 0.465 e. The number of methoxy groups -OCH3 is 1. The van der Waals surface area contributed by atoms with E-state index in [1.165, 1.54) is 7.11 Å². The molecule has 0 aliphatic heterocycles. The van der Waals surface area contributed by atoms with E-state index in [0.29, 0.717) is 10.6 Å². The van der Waals surface area contributed by atoms with Gasteiger partial charge in [-0.2, -0.15) is 0 Å². The number of pyridine rings is 1. The summed E-state index contributed by atoms with van der Waals surface area (Å²) in [6, 6.07) is 13.0. The molecule has 1 heterocycles. The summed E-state index contributed by atoms with van der Waals surface area (Å²) in [4.78, 5) is 16.3. The number of carbonyl (C=O) groups excluding carboxylic acids is 1. The van der Waals surface area contributed by atoms with E-state index < -0.39 is 0 Å². The lowest BCUT2D eigenvalue weighted by molar-refractivity contribution is 0.0601. The zero-order valence-corrected chi connectivity index (χ0v) is 15.7. The number of ether oxygens (including phenoxy) is 1. The zero-order valence-electron chi connectivity index (χ0n) is 14.1. The molecule has 0 spiro atoms. The number of benzene rings is 2. The van der Waals surface area contributed by atoms with Crippen molar-refractivity contribution in [1.29, 1.82) is 0 Å². The topological polar surface area (TPSA) is 51.2 Å². The minimum atomic E-state index is -0.373. The molecule has 0 saturated carbocycles. The summed E-state index contributed by atoms with van der Waals surface area (Å²) in [5, 5.41) is 4.95. The summed E-state index contributed by atoms with van der Waals surface area (Å²) in [6.07, 6.45) is 0. The van der Waals surface area contributed by atoms with E-state index in [1.807, 2.05) is 44.2 Å². The fourth-order valence-electron chi connectivity index (χ4n) is 2.59. The maximum atomic E-state index is 11.8. The molecule has 0 aliphatic rings. The van der Waals surface area contributed by atoms with Crippen LogP contribution in [0.2, 0.25) is 5.02 Å². The van der Waals surface area contributed by atoms with Gasteiger partial charge in [-0.15, -0.1) is 12.4 Å². The maximum absolute atomic E-state index is 11.8. The molecule has 1 N–H and O–H groups in total. The molecule has 2 aromatic carbocycles. The third-order valence-corrected chi connectivity index (χ3v) is 4.30. The van der Waals surface area contributed by atoms with Crippen molar-refractivity contribution < 1.29 is 9.53 Å². The second-order valence-electron chi connectivity index (χ2n) is 5.57. The molecule has 0 aliphatic carbocycles. The van der Waals surface area contributed by atoms with E-state index in [-0.39, 0.29) is 18.4 Å². The maximum Gasteiger partial charge on any atom is 0.337 e. The third-order valence-electron chi connectivity index (χ3n) is 3.89. The summed E-state index contributed by atoms with van der Waals surface area (Å²) in [7, 11) is 1.37. The van der Waals surface area contributed by atoms with Gasteiger partial charge in [0.15, 0.2) is 0 Å². The van der Waals surface area contributed by atoms with Crippen molar-refractivity contribution in [2.75, 3.05) is 12.4 Å². The average Bonchev–Trinajstić information content (AvgIpc) is 2.57. The number of fused-ring (bicyclic) bond motifs is 1. The van der Waals surface area contributed by atoms with E-state index in [9.17, 15) is 4.79 Å². The second-order valence-corrected chi connectivity index (χ2v) is 5.98. The molecule has 1 aromatic heterocycles. The number of nitrogens with one attached hydrogen (secondary N) is 1. The predicted molar refractivity (Wildman–Crippen MR) is 105 cm³/mol. The molecule has 130 valence electrons. The lowest BCUT2D eigenvalue weighted by Gasteiger charge is -2.14. The van der Waals surface area contributed by atoms with Crippen molar-refractivity contribution in [3.05, 3.63) is 64.3 Å².